The second-order valence-electron chi connectivity index (χ2n) is 5.85. The van der Waals surface area contributed by atoms with Crippen LogP contribution in [0.2, 0.25) is 0 Å². The molecule has 3 heterocycles. The normalized spacial score (nSPS) is 13.6. The number of nitrogens with zero attached hydrogens (tertiary/aromatic N) is 3. The number of aryl methyl sites for hydroxylation is 3. The van der Waals surface area contributed by atoms with Gasteiger partial charge in [-0.15, -0.1) is 5.10 Å². The molecule has 1 aliphatic carbocycles. The van der Waals surface area contributed by atoms with Gasteiger partial charge in [-0.25, -0.2) is 9.08 Å². The number of hydrogen-bond acceptors (Lipinski definition) is 3. The zero-order chi connectivity index (χ0) is 14.9. The van der Waals surface area contributed by atoms with Crippen LogP contribution >= 0.6 is 0 Å². The fraction of sp³-hybridized carbons (Fsp3) is 0.375. The van der Waals surface area contributed by atoms with Crippen LogP contribution in [0.1, 0.15) is 24.1 Å². The smallest absolute Gasteiger partial charge is 0.241 e. The fourth-order valence-electron chi connectivity index (χ4n) is 3.22. The van der Waals surface area contributed by atoms with Gasteiger partial charge in [0.15, 0.2) is 5.82 Å². The van der Waals surface area contributed by atoms with E-state index in [2.05, 4.69) is 32.1 Å². The van der Waals surface area contributed by atoms with Crippen molar-refractivity contribution in [1.82, 2.24) is 14.6 Å². The molecule has 3 aromatic heterocycles. The van der Waals surface area contributed by atoms with Crippen molar-refractivity contribution in [3.63, 3.8) is 0 Å². The first-order chi connectivity index (χ1) is 10.8. The molecule has 0 saturated heterocycles. The highest BCUT2D eigenvalue weighted by molar-refractivity contribution is 5.81. The van der Waals surface area contributed by atoms with E-state index in [9.17, 15) is 0 Å². The van der Waals surface area contributed by atoms with Gasteiger partial charge in [-0.3, -0.25) is 4.98 Å². The summed E-state index contributed by atoms with van der Waals surface area (Å²) in [4.78, 5) is 3.05. The SMILES string of the molecule is Nc1c(NCCC[n+]2cc[nH]c2)nn2c3c(ccc12)CCC3. The van der Waals surface area contributed by atoms with Gasteiger partial charge in [0.1, 0.15) is 18.1 Å². The molecule has 0 amide bonds. The number of imidazole rings is 1. The highest BCUT2D eigenvalue weighted by Gasteiger charge is 2.18. The molecule has 114 valence electrons. The Labute approximate surface area is 129 Å². The molecule has 4 rings (SSSR count). The van der Waals surface area contributed by atoms with Gasteiger partial charge in [-0.1, -0.05) is 6.07 Å². The molecule has 3 aromatic rings. The van der Waals surface area contributed by atoms with Gasteiger partial charge in [0.05, 0.1) is 12.1 Å². The molecule has 4 N–H and O–H groups in total. The van der Waals surface area contributed by atoms with Crippen molar-refractivity contribution in [2.45, 2.75) is 32.2 Å². The van der Waals surface area contributed by atoms with Crippen LogP contribution in [0, 0.1) is 0 Å². The summed E-state index contributed by atoms with van der Waals surface area (Å²) >= 11 is 0. The Morgan fingerprint density at radius 1 is 1.36 bits per heavy atom. The lowest BCUT2D eigenvalue weighted by atomic mass is 10.2. The maximum absolute atomic E-state index is 6.25. The summed E-state index contributed by atoms with van der Waals surface area (Å²) in [5, 5.41) is 8.06. The van der Waals surface area contributed by atoms with Crippen LogP contribution in [0.15, 0.2) is 30.9 Å². The lowest BCUT2D eigenvalue weighted by molar-refractivity contribution is -0.695. The molecule has 0 fully saturated rings. The summed E-state index contributed by atoms with van der Waals surface area (Å²) in [6, 6.07) is 4.29. The number of hydrogen-bond donors (Lipinski definition) is 3. The largest absolute Gasteiger partial charge is 0.394 e. The molecule has 0 bridgehead atoms. The summed E-state index contributed by atoms with van der Waals surface area (Å²) in [5.74, 6) is 0.805. The van der Waals surface area contributed by atoms with Crippen molar-refractivity contribution in [3.05, 3.63) is 42.1 Å². The molecule has 22 heavy (non-hydrogen) atoms. The Hall–Kier alpha value is -2.50. The molecule has 6 nitrogen and oxygen atoms in total. The maximum atomic E-state index is 6.25. The minimum absolute atomic E-state index is 0.754. The Bertz CT molecular complexity index is 787. The molecule has 6 heteroatoms. The average molecular weight is 297 g/mol. The summed E-state index contributed by atoms with van der Waals surface area (Å²) in [5.41, 5.74) is 10.8. The number of aromatic nitrogens is 4. The summed E-state index contributed by atoms with van der Waals surface area (Å²) in [7, 11) is 0. The van der Waals surface area contributed by atoms with E-state index < -0.39 is 0 Å². The predicted octanol–water partition coefficient (Wildman–Crippen LogP) is 1.52. The maximum Gasteiger partial charge on any atom is 0.241 e. The quantitative estimate of drug-likeness (QED) is 0.494. The lowest BCUT2D eigenvalue weighted by Crippen LogP contribution is -2.31. The van der Waals surface area contributed by atoms with E-state index >= 15 is 0 Å². The molecule has 0 saturated carbocycles. The van der Waals surface area contributed by atoms with Crippen LogP contribution in [0.3, 0.4) is 0 Å². The number of nitrogens with one attached hydrogen (secondary N) is 2. The van der Waals surface area contributed by atoms with Gasteiger partial charge in [-0.05, 0) is 30.9 Å². The average Bonchev–Trinajstić information content (AvgIpc) is 3.24. The molecule has 0 aromatic carbocycles. The van der Waals surface area contributed by atoms with Gasteiger partial charge < -0.3 is 11.1 Å². The van der Waals surface area contributed by atoms with Crippen molar-refractivity contribution in [2.24, 2.45) is 0 Å². The van der Waals surface area contributed by atoms with E-state index in [0.29, 0.717) is 0 Å². The third-order valence-corrected chi connectivity index (χ3v) is 4.38. The van der Waals surface area contributed by atoms with Gasteiger partial charge >= 0.3 is 0 Å². The zero-order valence-electron chi connectivity index (χ0n) is 12.5. The number of H-pyrrole nitrogens is 1. The van der Waals surface area contributed by atoms with Crippen molar-refractivity contribution < 1.29 is 4.57 Å². The third kappa shape index (κ3) is 2.20. The number of fused-ring (bicyclic) bond motifs is 3. The molecule has 0 radical (unpaired) electrons. The number of nitrogens with two attached hydrogens (primary N) is 1. The summed E-state index contributed by atoms with van der Waals surface area (Å²) < 4.78 is 4.16. The predicted molar refractivity (Wildman–Crippen MR) is 85.7 cm³/mol. The highest BCUT2D eigenvalue weighted by Crippen LogP contribution is 2.29. The monoisotopic (exact) mass is 297 g/mol. The van der Waals surface area contributed by atoms with E-state index in [-0.39, 0.29) is 0 Å². The number of aromatic amines is 1. The Balaban J connectivity index is 1.49. The van der Waals surface area contributed by atoms with Crippen LogP contribution in [0.5, 0.6) is 0 Å². The van der Waals surface area contributed by atoms with Gasteiger partial charge in [0.2, 0.25) is 6.33 Å². The topological polar surface area (TPSA) is 75.0 Å². The highest BCUT2D eigenvalue weighted by atomic mass is 15.3. The third-order valence-electron chi connectivity index (χ3n) is 4.38. The number of rotatable bonds is 5. The lowest BCUT2D eigenvalue weighted by Gasteiger charge is -2.02. The van der Waals surface area contributed by atoms with E-state index in [0.717, 1.165) is 49.4 Å². The Kier molecular flexibility index (Phi) is 3.21. The number of nitrogen functional groups attached to an aromatic ring is 1. The van der Waals surface area contributed by atoms with Crippen LogP contribution < -0.4 is 15.6 Å². The Morgan fingerprint density at radius 3 is 3.18 bits per heavy atom. The van der Waals surface area contributed by atoms with Gasteiger partial charge in [0, 0.05) is 18.7 Å². The molecule has 1 aliphatic rings. The molecule has 0 unspecified atom stereocenters. The van der Waals surface area contributed by atoms with Crippen LogP contribution in [0.4, 0.5) is 11.5 Å². The summed E-state index contributed by atoms with van der Waals surface area (Å²) in [6.07, 6.45) is 10.4. The van der Waals surface area contributed by atoms with Crippen molar-refractivity contribution in [1.29, 1.82) is 0 Å². The fourth-order valence-corrected chi connectivity index (χ4v) is 3.22. The van der Waals surface area contributed by atoms with Gasteiger partial charge in [-0.2, -0.15) is 0 Å². The molecular formula is C16H21N6+. The molecular weight excluding hydrogens is 276 g/mol. The second kappa shape index (κ2) is 5.36. The van der Waals surface area contributed by atoms with E-state index in [1.165, 1.54) is 17.7 Å². The van der Waals surface area contributed by atoms with Crippen molar-refractivity contribution in [2.75, 3.05) is 17.6 Å². The van der Waals surface area contributed by atoms with Crippen molar-refractivity contribution in [3.8, 4) is 0 Å². The molecule has 0 atom stereocenters. The zero-order valence-corrected chi connectivity index (χ0v) is 12.5. The van der Waals surface area contributed by atoms with E-state index in [1.807, 2.05) is 23.2 Å². The van der Waals surface area contributed by atoms with E-state index in [4.69, 9.17) is 5.73 Å². The molecule has 0 aliphatic heterocycles. The summed E-state index contributed by atoms with van der Waals surface area (Å²) in [6.45, 7) is 1.83. The minimum atomic E-state index is 0.754. The first kappa shape index (κ1) is 13.2. The van der Waals surface area contributed by atoms with Crippen LogP contribution in [-0.4, -0.2) is 21.1 Å². The first-order valence-corrected chi connectivity index (χ1v) is 7.87. The first-order valence-electron chi connectivity index (χ1n) is 7.87. The second-order valence-corrected chi connectivity index (χ2v) is 5.85. The van der Waals surface area contributed by atoms with Crippen LogP contribution in [0.25, 0.3) is 5.52 Å². The molecule has 0 spiro atoms. The Morgan fingerprint density at radius 2 is 2.32 bits per heavy atom. The standard InChI is InChI=1S/C16H20N6/c17-15-14-6-5-12-3-1-4-13(12)22(14)20-16(15)19-7-2-9-21-10-8-18-11-21/h5-6,8,10-11H,1-4,7,9,17H2,(H,19,20)/p+1. The van der Waals surface area contributed by atoms with Gasteiger partial charge in [0.25, 0.3) is 0 Å². The number of pyridine rings is 1. The minimum Gasteiger partial charge on any atom is -0.394 e. The van der Waals surface area contributed by atoms with Crippen LogP contribution in [-0.2, 0) is 19.4 Å². The van der Waals surface area contributed by atoms with Crippen molar-refractivity contribution >= 4 is 17.0 Å². The number of anilines is 2. The van der Waals surface area contributed by atoms with E-state index in [1.54, 1.807) is 0 Å².